The quantitative estimate of drug-likeness (QED) is 0.504. The van der Waals surface area contributed by atoms with Gasteiger partial charge in [-0.25, -0.2) is 4.79 Å². The Kier molecular flexibility index (Phi) is 6.65. The van der Waals surface area contributed by atoms with Crippen molar-refractivity contribution < 1.29 is 37.4 Å². The maximum Gasteiger partial charge on any atom is 0.573 e. The number of likely N-dealkylation sites (tertiary alicyclic amines) is 1. The number of hydrogen-bond acceptors (Lipinski definition) is 5. The van der Waals surface area contributed by atoms with Crippen LogP contribution in [0.25, 0.3) is 10.9 Å². The van der Waals surface area contributed by atoms with E-state index in [1.165, 1.54) is 27.8 Å². The molecule has 1 saturated heterocycles. The number of benzene rings is 2. The van der Waals surface area contributed by atoms with Gasteiger partial charge in [0.1, 0.15) is 18.4 Å². The van der Waals surface area contributed by atoms with Crippen LogP contribution in [0.5, 0.6) is 5.75 Å². The number of carbonyl (C=O) groups excluding carboxylic acids is 3. The third-order valence-corrected chi connectivity index (χ3v) is 5.51. The van der Waals surface area contributed by atoms with Gasteiger partial charge in [0, 0.05) is 29.9 Å². The molecule has 35 heavy (non-hydrogen) atoms. The highest BCUT2D eigenvalue weighted by Crippen LogP contribution is 2.29. The molecule has 1 atom stereocenters. The lowest BCUT2D eigenvalue weighted by Crippen LogP contribution is -2.45. The lowest BCUT2D eigenvalue weighted by molar-refractivity contribution is -0.274. The minimum absolute atomic E-state index is 0.0922. The molecule has 3 aromatic rings. The molecule has 3 amide bonds. The third-order valence-electron chi connectivity index (χ3n) is 5.51. The molecule has 3 N–H and O–H groups in total. The van der Waals surface area contributed by atoms with Gasteiger partial charge in [0.05, 0.1) is 11.2 Å². The summed E-state index contributed by atoms with van der Waals surface area (Å²) in [6.07, 6.45) is -2.55. The number of amides is 3. The summed E-state index contributed by atoms with van der Waals surface area (Å²) in [6, 6.07) is 10.3. The second-order valence-corrected chi connectivity index (χ2v) is 7.83. The van der Waals surface area contributed by atoms with Gasteiger partial charge in [0.25, 0.3) is 5.91 Å². The van der Waals surface area contributed by atoms with E-state index in [4.69, 9.17) is 0 Å². The Morgan fingerprint density at radius 1 is 1.09 bits per heavy atom. The molecule has 1 fully saturated rings. The number of carbonyl (C=O) groups is 3. The summed E-state index contributed by atoms with van der Waals surface area (Å²) in [4.78, 5) is 39.3. The summed E-state index contributed by atoms with van der Waals surface area (Å²) >= 11 is 0. The molecule has 1 aromatic heterocycles. The molecule has 0 bridgehead atoms. The zero-order valence-electron chi connectivity index (χ0n) is 18.2. The van der Waals surface area contributed by atoms with Crippen LogP contribution in [0.3, 0.4) is 0 Å². The number of urea groups is 1. The van der Waals surface area contributed by atoms with E-state index in [0.29, 0.717) is 29.4 Å². The SMILES string of the molecule is O=C(Nc1cccc(OC(F)(F)F)c1)[C@@H]1CCCN1C(=O)Nc1cn(C(=O)CO)c2ccccc12. The van der Waals surface area contributed by atoms with Crippen molar-refractivity contribution in [1.29, 1.82) is 0 Å². The van der Waals surface area contributed by atoms with Crippen molar-refractivity contribution in [2.75, 3.05) is 23.8 Å². The fourth-order valence-corrected chi connectivity index (χ4v) is 4.03. The number of ether oxygens (including phenoxy) is 1. The van der Waals surface area contributed by atoms with Crippen molar-refractivity contribution in [2.24, 2.45) is 0 Å². The molecule has 12 heteroatoms. The van der Waals surface area contributed by atoms with Gasteiger partial charge < -0.3 is 25.4 Å². The fraction of sp³-hybridized carbons (Fsp3) is 0.261. The molecule has 0 aliphatic carbocycles. The largest absolute Gasteiger partial charge is 0.573 e. The number of aromatic nitrogens is 1. The lowest BCUT2D eigenvalue weighted by Gasteiger charge is -2.24. The third kappa shape index (κ3) is 5.38. The Morgan fingerprint density at radius 3 is 2.60 bits per heavy atom. The minimum atomic E-state index is -4.87. The molecule has 9 nitrogen and oxygen atoms in total. The van der Waals surface area contributed by atoms with Crippen molar-refractivity contribution in [1.82, 2.24) is 9.47 Å². The predicted molar refractivity (Wildman–Crippen MR) is 120 cm³/mol. The number of para-hydroxylation sites is 1. The summed E-state index contributed by atoms with van der Waals surface area (Å²) < 4.78 is 42.5. The topological polar surface area (TPSA) is 113 Å². The van der Waals surface area contributed by atoms with Crippen molar-refractivity contribution in [3.8, 4) is 5.75 Å². The smallest absolute Gasteiger partial charge is 0.406 e. The number of nitrogens with zero attached hydrogens (tertiary/aromatic N) is 2. The van der Waals surface area contributed by atoms with Gasteiger partial charge in [0.15, 0.2) is 0 Å². The Bertz CT molecular complexity index is 1270. The van der Waals surface area contributed by atoms with Gasteiger partial charge in [-0.15, -0.1) is 13.2 Å². The Morgan fingerprint density at radius 2 is 1.86 bits per heavy atom. The van der Waals surface area contributed by atoms with Crippen molar-refractivity contribution in [3.63, 3.8) is 0 Å². The van der Waals surface area contributed by atoms with Crippen LogP contribution in [0.2, 0.25) is 0 Å². The van der Waals surface area contributed by atoms with E-state index in [9.17, 15) is 32.7 Å². The summed E-state index contributed by atoms with van der Waals surface area (Å²) in [5, 5.41) is 15.0. The number of rotatable bonds is 5. The molecule has 1 aliphatic rings. The van der Waals surface area contributed by atoms with E-state index in [1.807, 2.05) is 0 Å². The highest BCUT2D eigenvalue weighted by molar-refractivity contribution is 6.06. The highest BCUT2D eigenvalue weighted by atomic mass is 19.4. The van der Waals surface area contributed by atoms with Gasteiger partial charge in [-0.05, 0) is 31.0 Å². The predicted octanol–water partition coefficient (Wildman–Crippen LogP) is 3.81. The maximum absolute atomic E-state index is 13.0. The summed E-state index contributed by atoms with van der Waals surface area (Å²) in [5.41, 5.74) is 0.920. The second-order valence-electron chi connectivity index (χ2n) is 7.83. The lowest BCUT2D eigenvalue weighted by atomic mass is 10.2. The first kappa shape index (κ1) is 24.1. The van der Waals surface area contributed by atoms with Gasteiger partial charge in [-0.3, -0.25) is 14.2 Å². The molecule has 184 valence electrons. The number of anilines is 2. The zero-order chi connectivity index (χ0) is 25.2. The first-order valence-corrected chi connectivity index (χ1v) is 10.6. The van der Waals surface area contributed by atoms with Crippen LogP contribution < -0.4 is 15.4 Å². The number of aliphatic hydroxyl groups is 1. The van der Waals surface area contributed by atoms with Gasteiger partial charge >= 0.3 is 12.4 Å². The average molecular weight is 490 g/mol. The van der Waals surface area contributed by atoms with Crippen molar-refractivity contribution in [2.45, 2.75) is 25.2 Å². The minimum Gasteiger partial charge on any atom is -0.406 e. The van der Waals surface area contributed by atoms with E-state index in [0.717, 1.165) is 12.1 Å². The molecular formula is C23H21F3N4O5. The molecular weight excluding hydrogens is 469 g/mol. The Balaban J connectivity index is 1.49. The number of nitrogens with one attached hydrogen (secondary N) is 2. The first-order valence-electron chi connectivity index (χ1n) is 10.6. The molecule has 0 spiro atoms. The number of hydrogen-bond donors (Lipinski definition) is 3. The van der Waals surface area contributed by atoms with Crippen molar-refractivity contribution in [3.05, 3.63) is 54.7 Å². The standard InChI is InChI=1S/C23H21F3N4O5/c24-23(25,26)35-15-6-3-5-14(11-15)27-21(33)19-9-4-10-29(19)22(34)28-17-12-30(20(32)13-31)18-8-2-1-7-16(17)18/h1-3,5-8,11-12,19,31H,4,9-10,13H2,(H,27,33)(H,28,34)/t19-/m0/s1. The molecule has 2 aromatic carbocycles. The van der Waals surface area contributed by atoms with Crippen LogP contribution in [-0.4, -0.2) is 58.0 Å². The van der Waals surface area contributed by atoms with Crippen LogP contribution in [0, 0.1) is 0 Å². The van der Waals surface area contributed by atoms with E-state index >= 15 is 0 Å². The zero-order valence-corrected chi connectivity index (χ0v) is 18.2. The Hall–Kier alpha value is -4.06. The van der Waals surface area contributed by atoms with Crippen LogP contribution in [0.4, 0.5) is 29.3 Å². The van der Waals surface area contributed by atoms with Gasteiger partial charge in [0.2, 0.25) is 5.91 Å². The highest BCUT2D eigenvalue weighted by Gasteiger charge is 2.35. The van der Waals surface area contributed by atoms with E-state index in [1.54, 1.807) is 24.3 Å². The van der Waals surface area contributed by atoms with E-state index in [-0.39, 0.29) is 12.2 Å². The van der Waals surface area contributed by atoms with Crippen LogP contribution >= 0.6 is 0 Å². The second kappa shape index (κ2) is 9.66. The first-order chi connectivity index (χ1) is 16.7. The van der Waals surface area contributed by atoms with Crippen molar-refractivity contribution >= 4 is 40.1 Å². The normalized spacial score (nSPS) is 15.8. The fourth-order valence-electron chi connectivity index (χ4n) is 4.03. The van der Waals surface area contributed by atoms with Crippen LogP contribution in [0.15, 0.2) is 54.7 Å². The van der Waals surface area contributed by atoms with Gasteiger partial charge in [-0.1, -0.05) is 24.3 Å². The number of aliphatic hydroxyl groups excluding tert-OH is 1. The molecule has 1 aliphatic heterocycles. The van der Waals surface area contributed by atoms with Crippen LogP contribution in [-0.2, 0) is 4.79 Å². The molecule has 0 saturated carbocycles. The number of alkyl halides is 3. The summed E-state index contributed by atoms with van der Waals surface area (Å²) in [6.45, 7) is -0.426. The molecule has 0 unspecified atom stereocenters. The molecule has 2 heterocycles. The number of fused-ring (bicyclic) bond motifs is 1. The average Bonchev–Trinajstić information content (AvgIpc) is 3.43. The maximum atomic E-state index is 13.0. The van der Waals surface area contributed by atoms with Gasteiger partial charge in [-0.2, -0.15) is 0 Å². The molecule has 4 rings (SSSR count). The summed E-state index contributed by atoms with van der Waals surface area (Å²) in [7, 11) is 0. The Labute approximate surface area is 197 Å². The van der Waals surface area contributed by atoms with E-state index < -0.39 is 42.6 Å². The van der Waals surface area contributed by atoms with Crippen LogP contribution in [0.1, 0.15) is 17.6 Å². The summed E-state index contributed by atoms with van der Waals surface area (Å²) in [5.74, 6) is -1.61. The van der Waals surface area contributed by atoms with E-state index in [2.05, 4.69) is 15.4 Å². The monoisotopic (exact) mass is 490 g/mol. The number of halogens is 3. The molecule has 0 radical (unpaired) electrons.